The molecular weight excluding hydrogens is 376 g/mol. The second-order valence-corrected chi connectivity index (χ2v) is 7.42. The van der Waals surface area contributed by atoms with Crippen LogP contribution in [-0.2, 0) is 5.41 Å². The van der Waals surface area contributed by atoms with E-state index in [1.807, 2.05) is 6.07 Å². The van der Waals surface area contributed by atoms with Gasteiger partial charge in [0, 0.05) is 27.5 Å². The number of halogens is 2. The van der Waals surface area contributed by atoms with Gasteiger partial charge in [0.1, 0.15) is 5.82 Å². The summed E-state index contributed by atoms with van der Waals surface area (Å²) < 4.78 is 1.94. The number of nitrogens with zero attached hydrogens (tertiary/aromatic N) is 1. The average Bonchev–Trinajstić information content (AvgIpc) is 2.82. The lowest BCUT2D eigenvalue weighted by Gasteiger charge is -2.24. The van der Waals surface area contributed by atoms with Crippen LogP contribution in [0, 0.1) is 0 Å². The Hall–Kier alpha value is -0.390. The van der Waals surface area contributed by atoms with Crippen molar-refractivity contribution in [3.63, 3.8) is 0 Å². The Balaban J connectivity index is 2.07. The van der Waals surface area contributed by atoms with Gasteiger partial charge >= 0.3 is 0 Å². The van der Waals surface area contributed by atoms with E-state index in [1.54, 1.807) is 17.5 Å². The van der Waals surface area contributed by atoms with Crippen molar-refractivity contribution in [2.75, 3.05) is 11.9 Å². The minimum Gasteiger partial charge on any atom is -0.368 e. The normalized spacial score (nSPS) is 11.6. The van der Waals surface area contributed by atoms with Crippen LogP contribution in [0.2, 0.25) is 0 Å². The Morgan fingerprint density at radius 3 is 2.78 bits per heavy atom. The molecule has 0 aromatic carbocycles. The van der Waals surface area contributed by atoms with Crippen molar-refractivity contribution >= 4 is 49.0 Å². The molecule has 1 N–H and O–H groups in total. The summed E-state index contributed by atoms with van der Waals surface area (Å²) in [7, 11) is 0. The third-order valence-electron chi connectivity index (χ3n) is 2.69. The molecule has 0 aliphatic heterocycles. The van der Waals surface area contributed by atoms with Crippen LogP contribution in [0.4, 0.5) is 5.82 Å². The summed E-state index contributed by atoms with van der Waals surface area (Å²) in [5, 5.41) is 5.51. The molecule has 0 atom stereocenters. The third-order valence-corrected chi connectivity index (χ3v) is 4.97. The van der Waals surface area contributed by atoms with Crippen molar-refractivity contribution in [3.8, 4) is 0 Å². The molecule has 0 fully saturated rings. The molecule has 0 saturated carbocycles. The van der Waals surface area contributed by atoms with E-state index in [0.717, 1.165) is 21.3 Å². The van der Waals surface area contributed by atoms with Gasteiger partial charge in [-0.1, -0.05) is 19.9 Å². The van der Waals surface area contributed by atoms with Crippen molar-refractivity contribution in [3.05, 3.63) is 43.6 Å². The quantitative estimate of drug-likeness (QED) is 0.790. The lowest BCUT2D eigenvalue weighted by molar-refractivity contribution is 0.568. The van der Waals surface area contributed by atoms with Gasteiger partial charge in [0.2, 0.25) is 0 Å². The highest BCUT2D eigenvalue weighted by atomic mass is 79.9. The van der Waals surface area contributed by atoms with Gasteiger partial charge < -0.3 is 5.32 Å². The van der Waals surface area contributed by atoms with Crippen LogP contribution >= 0.6 is 43.2 Å². The van der Waals surface area contributed by atoms with Gasteiger partial charge in [0.15, 0.2) is 0 Å². The zero-order chi connectivity index (χ0) is 13.2. The molecule has 0 spiro atoms. The van der Waals surface area contributed by atoms with Gasteiger partial charge in [0.05, 0.1) is 4.47 Å². The molecule has 5 heteroatoms. The third kappa shape index (κ3) is 3.33. The fourth-order valence-electron chi connectivity index (χ4n) is 1.60. The molecule has 2 aromatic heterocycles. The average molecular weight is 390 g/mol. The Morgan fingerprint density at radius 2 is 2.17 bits per heavy atom. The van der Waals surface area contributed by atoms with E-state index in [4.69, 9.17) is 0 Å². The van der Waals surface area contributed by atoms with Crippen LogP contribution < -0.4 is 5.32 Å². The first kappa shape index (κ1) is 14.0. The maximum atomic E-state index is 4.36. The number of hydrogen-bond acceptors (Lipinski definition) is 3. The first-order chi connectivity index (χ1) is 8.49. The summed E-state index contributed by atoms with van der Waals surface area (Å²) in [5.41, 5.74) is 0.0996. The van der Waals surface area contributed by atoms with E-state index >= 15 is 0 Å². The van der Waals surface area contributed by atoms with Crippen LogP contribution in [0.1, 0.15) is 18.7 Å². The van der Waals surface area contributed by atoms with Gasteiger partial charge in [-0.2, -0.15) is 0 Å². The monoisotopic (exact) mass is 388 g/mol. The molecule has 2 heterocycles. The van der Waals surface area contributed by atoms with E-state index < -0.39 is 0 Å². The number of hydrogen-bond donors (Lipinski definition) is 1. The Kier molecular flexibility index (Phi) is 4.45. The maximum Gasteiger partial charge on any atom is 0.140 e. The Bertz CT molecular complexity index is 524. The van der Waals surface area contributed by atoms with E-state index in [1.165, 1.54) is 4.88 Å². The van der Waals surface area contributed by atoms with Crippen molar-refractivity contribution in [2.24, 2.45) is 0 Å². The van der Waals surface area contributed by atoms with Crippen LogP contribution in [0.3, 0.4) is 0 Å². The summed E-state index contributed by atoms with van der Waals surface area (Å²) in [6.45, 7) is 5.32. The van der Waals surface area contributed by atoms with E-state index in [9.17, 15) is 0 Å². The zero-order valence-electron chi connectivity index (χ0n) is 10.2. The SMILES string of the molecule is CC(C)(CNc1ncc(Br)cc1Br)c1cccs1. The number of anilines is 1. The molecule has 18 heavy (non-hydrogen) atoms. The summed E-state index contributed by atoms with van der Waals surface area (Å²) in [6.07, 6.45) is 1.80. The van der Waals surface area contributed by atoms with E-state index in [2.05, 4.69) is 73.5 Å². The highest BCUT2D eigenvalue weighted by Gasteiger charge is 2.21. The highest BCUT2D eigenvalue weighted by Crippen LogP contribution is 2.29. The molecule has 2 nitrogen and oxygen atoms in total. The van der Waals surface area contributed by atoms with Crippen molar-refractivity contribution < 1.29 is 0 Å². The molecule has 96 valence electrons. The number of thiophene rings is 1. The molecule has 0 radical (unpaired) electrons. The number of rotatable bonds is 4. The number of nitrogens with one attached hydrogen (secondary N) is 1. The highest BCUT2D eigenvalue weighted by molar-refractivity contribution is 9.11. The predicted octanol–water partition coefficient (Wildman–Crippen LogP) is 5.06. The van der Waals surface area contributed by atoms with Gasteiger partial charge in [-0.3, -0.25) is 0 Å². The van der Waals surface area contributed by atoms with Crippen molar-refractivity contribution in [1.82, 2.24) is 4.98 Å². The fraction of sp³-hybridized carbons (Fsp3) is 0.308. The van der Waals surface area contributed by atoms with Crippen LogP contribution in [0.5, 0.6) is 0 Å². The van der Waals surface area contributed by atoms with Crippen LogP contribution in [0.15, 0.2) is 38.7 Å². The predicted molar refractivity (Wildman–Crippen MR) is 85.5 cm³/mol. The van der Waals surface area contributed by atoms with E-state index in [-0.39, 0.29) is 5.41 Å². The summed E-state index contributed by atoms with van der Waals surface area (Å²) in [5.74, 6) is 0.878. The van der Waals surface area contributed by atoms with Crippen LogP contribution in [-0.4, -0.2) is 11.5 Å². The minimum atomic E-state index is 0.0996. The summed E-state index contributed by atoms with van der Waals surface area (Å²) in [4.78, 5) is 5.74. The standard InChI is InChI=1S/C13H14Br2N2S/c1-13(2,11-4-3-5-18-11)8-17-12-10(15)6-9(14)7-16-12/h3-7H,8H2,1-2H3,(H,16,17). The summed E-state index contributed by atoms with van der Waals surface area (Å²) >= 11 is 8.70. The van der Waals surface area contributed by atoms with Crippen molar-refractivity contribution in [1.29, 1.82) is 0 Å². The Morgan fingerprint density at radius 1 is 1.39 bits per heavy atom. The largest absolute Gasteiger partial charge is 0.368 e. The number of pyridine rings is 1. The minimum absolute atomic E-state index is 0.0996. The molecule has 0 unspecified atom stereocenters. The molecule has 2 aromatic rings. The molecule has 0 aliphatic rings. The van der Waals surface area contributed by atoms with E-state index in [0.29, 0.717) is 0 Å². The lowest BCUT2D eigenvalue weighted by Crippen LogP contribution is -2.27. The van der Waals surface area contributed by atoms with Gasteiger partial charge in [-0.15, -0.1) is 11.3 Å². The maximum absolute atomic E-state index is 4.36. The smallest absolute Gasteiger partial charge is 0.140 e. The van der Waals surface area contributed by atoms with Crippen LogP contribution in [0.25, 0.3) is 0 Å². The summed E-state index contributed by atoms with van der Waals surface area (Å²) in [6, 6.07) is 6.26. The number of aromatic nitrogens is 1. The first-order valence-corrected chi connectivity index (χ1v) is 8.04. The lowest BCUT2D eigenvalue weighted by atomic mass is 9.91. The zero-order valence-corrected chi connectivity index (χ0v) is 14.2. The molecule has 0 saturated heterocycles. The second kappa shape index (κ2) is 5.72. The molecule has 0 amide bonds. The topological polar surface area (TPSA) is 24.9 Å². The van der Waals surface area contributed by atoms with Gasteiger partial charge in [0.25, 0.3) is 0 Å². The fourth-order valence-corrected chi connectivity index (χ4v) is 3.58. The molecular formula is C13H14Br2N2S. The first-order valence-electron chi connectivity index (χ1n) is 5.58. The molecule has 2 rings (SSSR count). The van der Waals surface area contributed by atoms with Gasteiger partial charge in [-0.25, -0.2) is 4.98 Å². The Labute approximate surface area is 128 Å². The van der Waals surface area contributed by atoms with Crippen molar-refractivity contribution in [2.45, 2.75) is 19.3 Å². The molecule has 0 aliphatic carbocycles. The molecule has 0 bridgehead atoms. The van der Waals surface area contributed by atoms with Gasteiger partial charge in [-0.05, 0) is 49.4 Å². The second-order valence-electron chi connectivity index (χ2n) is 4.70.